The van der Waals surface area contributed by atoms with Crippen molar-refractivity contribution in [3.8, 4) is 11.5 Å². The highest BCUT2D eigenvalue weighted by molar-refractivity contribution is 5.95. The maximum atomic E-state index is 13.7. The van der Waals surface area contributed by atoms with Gasteiger partial charge in [0.2, 0.25) is 28.9 Å². The van der Waals surface area contributed by atoms with Gasteiger partial charge in [0.05, 0.1) is 31.3 Å². The summed E-state index contributed by atoms with van der Waals surface area (Å²) in [5.74, 6) is -4.64. The molecule has 272 valence electrons. The molecule has 3 rings (SSSR count). The lowest BCUT2D eigenvalue weighted by Crippen LogP contribution is -2.59. The summed E-state index contributed by atoms with van der Waals surface area (Å²) in [6.07, 6.45) is 1.29. The molecule has 1 aliphatic rings. The molecule has 19 heteroatoms. The van der Waals surface area contributed by atoms with E-state index < -0.39 is 73.8 Å². The first kappa shape index (κ1) is 38.8. The van der Waals surface area contributed by atoms with Crippen molar-refractivity contribution in [1.82, 2.24) is 26.3 Å². The van der Waals surface area contributed by atoms with Gasteiger partial charge >= 0.3 is 5.97 Å². The van der Waals surface area contributed by atoms with Gasteiger partial charge in [0.1, 0.15) is 35.7 Å². The molecule has 1 aliphatic heterocycles. The number of rotatable bonds is 18. The fourth-order valence-electron chi connectivity index (χ4n) is 4.77. The van der Waals surface area contributed by atoms with Crippen molar-refractivity contribution in [2.24, 2.45) is 5.28 Å². The number of nitrogens with one attached hydrogen (secondary N) is 4. The van der Waals surface area contributed by atoms with Crippen molar-refractivity contribution in [3.05, 3.63) is 64.9 Å². The lowest BCUT2D eigenvalue weighted by Gasteiger charge is -2.25. The summed E-state index contributed by atoms with van der Waals surface area (Å²) in [5, 5.41) is 64.8. The van der Waals surface area contributed by atoms with Crippen LogP contribution >= 0.6 is 0 Å². The number of benzene rings is 2. The number of ether oxygens (including phenoxy) is 1. The van der Waals surface area contributed by atoms with Crippen molar-refractivity contribution in [3.63, 3.8) is 0 Å². The van der Waals surface area contributed by atoms with Crippen LogP contribution in [0, 0.1) is 5.21 Å². The van der Waals surface area contributed by atoms with E-state index >= 15 is 0 Å². The van der Waals surface area contributed by atoms with Crippen LogP contribution < -0.4 is 21.3 Å². The maximum absolute atomic E-state index is 13.7. The van der Waals surface area contributed by atoms with Crippen molar-refractivity contribution in [2.75, 3.05) is 33.1 Å². The highest BCUT2D eigenvalue weighted by atomic mass is 16.8. The van der Waals surface area contributed by atoms with Gasteiger partial charge in [0.15, 0.2) is 0 Å². The maximum Gasteiger partial charge on any atom is 0.331 e. The number of hydrazine groups is 1. The minimum atomic E-state index is -1.62. The van der Waals surface area contributed by atoms with E-state index in [1.54, 1.807) is 0 Å². The molecule has 0 unspecified atom stereocenters. The van der Waals surface area contributed by atoms with E-state index in [4.69, 9.17) is 9.57 Å². The Labute approximate surface area is 286 Å². The largest absolute Gasteiger partial charge is 0.569 e. The number of carbonyl (C=O) groups excluding carboxylic acids is 5. The lowest BCUT2D eigenvalue weighted by molar-refractivity contribution is -0.708. The number of aromatic hydroxyl groups is 2. The second kappa shape index (κ2) is 19.3. The predicted molar refractivity (Wildman–Crippen MR) is 170 cm³/mol. The summed E-state index contributed by atoms with van der Waals surface area (Å²) in [6, 6.07) is 5.53. The summed E-state index contributed by atoms with van der Waals surface area (Å²) in [6.45, 7) is -0.409. The molecule has 0 spiro atoms. The van der Waals surface area contributed by atoms with E-state index in [1.165, 1.54) is 53.5 Å². The van der Waals surface area contributed by atoms with Crippen molar-refractivity contribution in [1.29, 1.82) is 0 Å². The Kier molecular flexibility index (Phi) is 15.0. The number of nitrogens with zero attached hydrogens (tertiary/aromatic N) is 3. The first-order chi connectivity index (χ1) is 23.9. The van der Waals surface area contributed by atoms with Crippen LogP contribution in [0.1, 0.15) is 30.9 Å². The number of aliphatic hydroxyl groups excluding tert-OH is 2. The number of amides is 4. The molecule has 8 N–H and O–H groups in total. The summed E-state index contributed by atoms with van der Waals surface area (Å²) in [4.78, 5) is 69.2. The molecule has 1 saturated heterocycles. The van der Waals surface area contributed by atoms with Crippen LogP contribution in [0.15, 0.2) is 53.8 Å². The molecule has 0 aliphatic carbocycles. The van der Waals surface area contributed by atoms with Gasteiger partial charge in [-0.3, -0.25) is 19.2 Å². The summed E-state index contributed by atoms with van der Waals surface area (Å²) in [7, 11) is 0. The first-order valence-electron chi connectivity index (χ1n) is 15.6. The van der Waals surface area contributed by atoms with Gasteiger partial charge in [0, 0.05) is 19.8 Å². The van der Waals surface area contributed by atoms with E-state index in [9.17, 15) is 49.6 Å². The molecule has 0 bridgehead atoms. The lowest BCUT2D eigenvalue weighted by atomic mass is 10.0. The van der Waals surface area contributed by atoms with E-state index in [0.717, 1.165) is 19.8 Å². The molecule has 4 amide bonds. The summed E-state index contributed by atoms with van der Waals surface area (Å²) in [5.41, 5.74) is 0.960. The van der Waals surface area contributed by atoms with Crippen LogP contribution in [0.3, 0.4) is 0 Å². The Balaban J connectivity index is 1.79. The number of hydrogen-bond donors (Lipinski definition) is 8. The van der Waals surface area contributed by atoms with Gasteiger partial charge in [-0.15, -0.1) is 5.01 Å². The number of aliphatic hydroxyl groups is 2. The molecule has 0 saturated carbocycles. The quantitative estimate of drug-likeness (QED) is 0.0214. The fraction of sp³-hybridized carbons (Fsp3) is 0.452. The van der Waals surface area contributed by atoms with E-state index in [2.05, 4.69) is 26.5 Å². The van der Waals surface area contributed by atoms with Gasteiger partial charge in [-0.1, -0.05) is 24.3 Å². The zero-order valence-corrected chi connectivity index (χ0v) is 27.2. The molecule has 4 atom stereocenters. The van der Waals surface area contributed by atoms with Crippen LogP contribution in [-0.2, 0) is 46.4 Å². The van der Waals surface area contributed by atoms with Gasteiger partial charge in [-0.05, 0) is 48.2 Å². The van der Waals surface area contributed by atoms with Crippen LogP contribution in [0.2, 0.25) is 0 Å². The third-order valence-corrected chi connectivity index (χ3v) is 7.38. The predicted octanol–water partition coefficient (Wildman–Crippen LogP) is -1.77. The SMILES string of the molecule is CC(=O)N[C@@H](CO)C(=O)N[C@@H](CO)C(=O)N[C@@H](Cc1ccc(O)cc1)C(=O)N[C@@H](Cc1ccc(O)cc1)C(=O)OCO/N=[N+](\[O-])N1CCCC1. The standard InChI is InChI=1S/C31H41N7O12/c1-19(41)32-26(16-39)29(45)35-27(17-40)30(46)33-24(14-20-4-8-22(42)9-5-20)28(44)34-25(15-21-6-10-23(43)11-7-21)31(47)49-18-50-36-38(48)37-12-2-3-13-37/h4-11,24-27,39-40,42-43H,2-3,12-18H2,1H3,(H,32,41)(H,33,46)(H,34,44)(H,35,45)/b38-36-/t24-,25-,26-,27-/m0/s1. The number of hydrogen-bond acceptors (Lipinski definition) is 13. The molecule has 0 radical (unpaired) electrons. The zero-order valence-electron chi connectivity index (χ0n) is 27.2. The van der Waals surface area contributed by atoms with Crippen LogP contribution in [0.5, 0.6) is 11.5 Å². The van der Waals surface area contributed by atoms with Crippen molar-refractivity contribution in [2.45, 2.75) is 56.8 Å². The topological polar surface area (TPSA) is 275 Å². The average molecular weight is 704 g/mol. The monoisotopic (exact) mass is 703 g/mol. The second-order valence-corrected chi connectivity index (χ2v) is 11.2. The smallest absolute Gasteiger partial charge is 0.331 e. The minimum Gasteiger partial charge on any atom is -0.569 e. The summed E-state index contributed by atoms with van der Waals surface area (Å²) >= 11 is 0. The Morgan fingerprint density at radius 2 is 1.20 bits per heavy atom. The number of esters is 1. The minimum absolute atomic E-state index is 0.0447. The molecule has 1 heterocycles. The molecule has 0 aromatic heterocycles. The van der Waals surface area contributed by atoms with Crippen LogP contribution in [0.25, 0.3) is 0 Å². The Hall–Kier alpha value is -5.69. The number of phenols is 2. The summed E-state index contributed by atoms with van der Waals surface area (Å²) < 4.78 is 5.12. The van der Waals surface area contributed by atoms with Crippen molar-refractivity contribution < 1.29 is 58.9 Å². The van der Waals surface area contributed by atoms with Gasteiger partial charge in [0.25, 0.3) is 6.79 Å². The number of carbonyl (C=O) groups is 5. The van der Waals surface area contributed by atoms with E-state index in [-0.39, 0.29) is 29.3 Å². The normalized spacial score (nSPS) is 15.2. The zero-order chi connectivity index (χ0) is 36.6. The van der Waals surface area contributed by atoms with Gasteiger partial charge in [-0.25, -0.2) is 4.79 Å². The van der Waals surface area contributed by atoms with Gasteiger partial charge in [-0.2, -0.15) is 0 Å². The van der Waals surface area contributed by atoms with Crippen LogP contribution in [0.4, 0.5) is 0 Å². The molecule has 50 heavy (non-hydrogen) atoms. The third kappa shape index (κ3) is 12.4. The molecule has 1 fully saturated rings. The van der Waals surface area contributed by atoms with E-state index in [1.807, 2.05) is 0 Å². The average Bonchev–Trinajstić information content (AvgIpc) is 3.64. The van der Waals surface area contributed by atoms with Gasteiger partial charge < -0.3 is 56.5 Å². The second-order valence-electron chi connectivity index (χ2n) is 11.2. The third-order valence-electron chi connectivity index (χ3n) is 7.38. The number of phenolic OH excluding ortho intramolecular Hbond substituents is 2. The molecule has 2 aromatic carbocycles. The Morgan fingerprint density at radius 1 is 0.760 bits per heavy atom. The van der Waals surface area contributed by atoms with Crippen molar-refractivity contribution >= 4 is 29.6 Å². The molecule has 2 aromatic rings. The highest BCUT2D eigenvalue weighted by Crippen LogP contribution is 2.14. The molecular weight excluding hydrogens is 662 g/mol. The fourth-order valence-corrected chi connectivity index (χ4v) is 4.77. The molecule has 19 nitrogen and oxygen atoms in total. The molecular formula is C31H41N7O12. The Bertz CT molecular complexity index is 1480. The van der Waals surface area contributed by atoms with Crippen LogP contribution in [-0.4, -0.2) is 117 Å². The Morgan fingerprint density at radius 3 is 1.70 bits per heavy atom. The van der Waals surface area contributed by atoms with E-state index in [0.29, 0.717) is 24.2 Å². The highest BCUT2D eigenvalue weighted by Gasteiger charge is 2.32. The first-order valence-corrected chi connectivity index (χ1v) is 15.6.